The molecule has 0 aliphatic carbocycles. The maximum absolute atomic E-state index is 4.03. The van der Waals surface area contributed by atoms with Crippen molar-refractivity contribution in [2.75, 3.05) is 7.05 Å². The quantitative estimate of drug-likeness (QED) is 0.689. The van der Waals surface area contributed by atoms with Crippen molar-refractivity contribution in [1.29, 1.82) is 0 Å². The van der Waals surface area contributed by atoms with Crippen LogP contribution in [0.25, 0.3) is 0 Å². The van der Waals surface area contributed by atoms with Crippen LogP contribution < -0.4 is 0 Å². The summed E-state index contributed by atoms with van der Waals surface area (Å²) in [7, 11) is 2.13. The predicted molar refractivity (Wildman–Crippen MR) is 48.7 cm³/mol. The number of aromatic nitrogens is 1. The highest BCUT2D eigenvalue weighted by atomic mass is 32.1. The molecular formula is C8H14N2S. The third kappa shape index (κ3) is 2.60. The summed E-state index contributed by atoms with van der Waals surface area (Å²) in [5, 5.41) is 0. The monoisotopic (exact) mass is 170 g/mol. The fourth-order valence-corrected chi connectivity index (χ4v) is 1.41. The summed E-state index contributed by atoms with van der Waals surface area (Å²) in [6, 6.07) is 0.608. The van der Waals surface area contributed by atoms with Gasteiger partial charge in [-0.25, -0.2) is 0 Å². The zero-order chi connectivity index (χ0) is 8.27. The molecule has 0 aliphatic heterocycles. The first-order chi connectivity index (χ1) is 5.20. The van der Waals surface area contributed by atoms with Crippen LogP contribution in [0.15, 0.2) is 11.7 Å². The molecule has 1 rings (SSSR count). The van der Waals surface area contributed by atoms with Crippen LogP contribution in [0.4, 0.5) is 0 Å². The minimum atomic E-state index is 0.608. The van der Waals surface area contributed by atoms with Crippen molar-refractivity contribution in [3.8, 4) is 0 Å². The smallest absolute Gasteiger partial charge is 0.0794 e. The van der Waals surface area contributed by atoms with Crippen LogP contribution in [0.1, 0.15) is 18.7 Å². The van der Waals surface area contributed by atoms with Crippen LogP contribution in [0.3, 0.4) is 0 Å². The molecule has 3 heteroatoms. The normalized spacial score (nSPS) is 11.4. The van der Waals surface area contributed by atoms with E-state index in [0.29, 0.717) is 6.04 Å². The van der Waals surface area contributed by atoms with E-state index < -0.39 is 0 Å². The van der Waals surface area contributed by atoms with E-state index in [9.17, 15) is 0 Å². The van der Waals surface area contributed by atoms with Gasteiger partial charge in [0.2, 0.25) is 0 Å². The van der Waals surface area contributed by atoms with Gasteiger partial charge >= 0.3 is 0 Å². The molecule has 0 saturated carbocycles. The predicted octanol–water partition coefficient (Wildman–Crippen LogP) is 1.98. The van der Waals surface area contributed by atoms with Crippen molar-refractivity contribution in [1.82, 2.24) is 9.88 Å². The van der Waals surface area contributed by atoms with Crippen LogP contribution in [0.5, 0.6) is 0 Å². The highest BCUT2D eigenvalue weighted by Crippen LogP contribution is 2.09. The molecule has 0 bridgehead atoms. The van der Waals surface area contributed by atoms with Crippen LogP contribution in [-0.4, -0.2) is 23.0 Å². The molecule has 0 unspecified atom stereocenters. The van der Waals surface area contributed by atoms with Crippen LogP contribution in [0.2, 0.25) is 0 Å². The van der Waals surface area contributed by atoms with Gasteiger partial charge in [0.1, 0.15) is 0 Å². The highest BCUT2D eigenvalue weighted by molar-refractivity contribution is 7.09. The standard InChI is InChI=1S/C8H14N2S/c1-7(2)10(3)5-8-4-9-6-11-8/h4,6-7H,5H2,1-3H3. The van der Waals surface area contributed by atoms with Crippen molar-refractivity contribution in [3.05, 3.63) is 16.6 Å². The van der Waals surface area contributed by atoms with Crippen molar-refractivity contribution in [2.24, 2.45) is 0 Å². The lowest BCUT2D eigenvalue weighted by Crippen LogP contribution is -2.25. The summed E-state index contributed by atoms with van der Waals surface area (Å²) in [5.41, 5.74) is 1.88. The molecule has 0 aliphatic rings. The Bertz CT molecular complexity index is 194. The topological polar surface area (TPSA) is 16.1 Å². The van der Waals surface area contributed by atoms with E-state index >= 15 is 0 Å². The summed E-state index contributed by atoms with van der Waals surface area (Å²) in [4.78, 5) is 7.66. The van der Waals surface area contributed by atoms with Crippen molar-refractivity contribution in [3.63, 3.8) is 0 Å². The molecule has 1 aromatic heterocycles. The molecule has 0 amide bonds. The zero-order valence-corrected chi connectivity index (χ0v) is 8.06. The molecule has 2 nitrogen and oxygen atoms in total. The van der Waals surface area contributed by atoms with Gasteiger partial charge in [0, 0.05) is 23.7 Å². The van der Waals surface area contributed by atoms with Crippen molar-refractivity contribution in [2.45, 2.75) is 26.4 Å². The van der Waals surface area contributed by atoms with Crippen molar-refractivity contribution >= 4 is 11.3 Å². The first-order valence-electron chi connectivity index (χ1n) is 3.77. The second-order valence-electron chi connectivity index (χ2n) is 2.98. The Balaban J connectivity index is 2.43. The van der Waals surface area contributed by atoms with Gasteiger partial charge in [-0.3, -0.25) is 9.88 Å². The number of hydrogen-bond donors (Lipinski definition) is 0. The number of hydrogen-bond acceptors (Lipinski definition) is 3. The second kappa shape index (κ2) is 3.83. The SMILES string of the molecule is CC(C)N(C)Cc1cncs1. The van der Waals surface area contributed by atoms with E-state index in [-0.39, 0.29) is 0 Å². The van der Waals surface area contributed by atoms with Crippen LogP contribution >= 0.6 is 11.3 Å². The number of nitrogens with zero attached hydrogens (tertiary/aromatic N) is 2. The lowest BCUT2D eigenvalue weighted by molar-refractivity contribution is 0.268. The Labute approximate surface area is 71.9 Å². The third-order valence-corrected chi connectivity index (χ3v) is 2.53. The van der Waals surface area contributed by atoms with Gasteiger partial charge in [-0.2, -0.15) is 0 Å². The number of rotatable bonds is 3. The van der Waals surface area contributed by atoms with Crippen LogP contribution in [0, 0.1) is 0 Å². The third-order valence-electron chi connectivity index (χ3n) is 1.77. The van der Waals surface area contributed by atoms with E-state index in [1.165, 1.54) is 4.88 Å². The Morgan fingerprint density at radius 1 is 1.64 bits per heavy atom. The molecule has 1 aromatic rings. The van der Waals surface area contributed by atoms with Crippen LogP contribution in [-0.2, 0) is 6.54 Å². The minimum Gasteiger partial charge on any atom is -0.299 e. The Morgan fingerprint density at radius 2 is 2.36 bits per heavy atom. The first-order valence-corrected chi connectivity index (χ1v) is 4.65. The Kier molecular flexibility index (Phi) is 3.02. The Hall–Kier alpha value is -0.410. The summed E-state index contributed by atoms with van der Waals surface area (Å²) in [6.45, 7) is 5.41. The van der Waals surface area contributed by atoms with E-state index in [2.05, 4.69) is 30.8 Å². The summed E-state index contributed by atoms with van der Waals surface area (Å²) in [5.74, 6) is 0. The maximum atomic E-state index is 4.03. The highest BCUT2D eigenvalue weighted by Gasteiger charge is 2.04. The molecule has 0 spiro atoms. The molecule has 62 valence electrons. The fourth-order valence-electron chi connectivity index (χ4n) is 0.749. The van der Waals surface area contributed by atoms with E-state index in [1.807, 2.05) is 11.7 Å². The second-order valence-corrected chi connectivity index (χ2v) is 3.95. The summed E-state index contributed by atoms with van der Waals surface area (Å²) < 4.78 is 0. The van der Waals surface area contributed by atoms with E-state index in [0.717, 1.165) is 6.54 Å². The molecule has 1 heterocycles. The molecule has 0 N–H and O–H groups in total. The molecule has 0 fully saturated rings. The average molecular weight is 170 g/mol. The maximum Gasteiger partial charge on any atom is 0.0794 e. The Morgan fingerprint density at radius 3 is 2.82 bits per heavy atom. The van der Waals surface area contributed by atoms with Gasteiger partial charge in [-0.05, 0) is 20.9 Å². The first kappa shape index (κ1) is 8.68. The minimum absolute atomic E-state index is 0.608. The fraction of sp³-hybridized carbons (Fsp3) is 0.625. The molecule has 11 heavy (non-hydrogen) atoms. The van der Waals surface area contributed by atoms with E-state index in [4.69, 9.17) is 0 Å². The molecular weight excluding hydrogens is 156 g/mol. The zero-order valence-electron chi connectivity index (χ0n) is 7.24. The summed E-state index contributed by atoms with van der Waals surface area (Å²) >= 11 is 1.72. The van der Waals surface area contributed by atoms with Gasteiger partial charge in [0.05, 0.1) is 5.51 Å². The molecule has 0 saturated heterocycles. The molecule has 0 aromatic carbocycles. The lowest BCUT2D eigenvalue weighted by Gasteiger charge is -2.19. The van der Waals surface area contributed by atoms with Gasteiger partial charge in [-0.1, -0.05) is 0 Å². The lowest BCUT2D eigenvalue weighted by atomic mass is 10.3. The summed E-state index contributed by atoms with van der Waals surface area (Å²) in [6.07, 6.45) is 1.93. The molecule has 0 atom stereocenters. The number of thiazole rings is 1. The largest absolute Gasteiger partial charge is 0.299 e. The van der Waals surface area contributed by atoms with Gasteiger partial charge in [-0.15, -0.1) is 11.3 Å². The van der Waals surface area contributed by atoms with Crippen molar-refractivity contribution < 1.29 is 0 Å². The van der Waals surface area contributed by atoms with Gasteiger partial charge in [0.25, 0.3) is 0 Å². The van der Waals surface area contributed by atoms with Gasteiger partial charge in [0.15, 0.2) is 0 Å². The van der Waals surface area contributed by atoms with E-state index in [1.54, 1.807) is 11.3 Å². The van der Waals surface area contributed by atoms with Gasteiger partial charge < -0.3 is 0 Å². The average Bonchev–Trinajstić information content (AvgIpc) is 2.39. The molecule has 0 radical (unpaired) electrons.